The zero-order valence-corrected chi connectivity index (χ0v) is 11.9. The van der Waals surface area contributed by atoms with Gasteiger partial charge in [-0.2, -0.15) is 11.8 Å². The summed E-state index contributed by atoms with van der Waals surface area (Å²) in [5.41, 5.74) is 4.73. The molecule has 1 aromatic carbocycles. The lowest BCUT2D eigenvalue weighted by Gasteiger charge is -2.06. The molecule has 0 atom stereocenters. The van der Waals surface area contributed by atoms with Gasteiger partial charge in [0, 0.05) is 35.0 Å². The van der Waals surface area contributed by atoms with Crippen molar-refractivity contribution in [3.05, 3.63) is 47.0 Å². The highest BCUT2D eigenvalue weighted by Gasteiger charge is 2.19. The van der Waals surface area contributed by atoms with Gasteiger partial charge in [0.25, 0.3) is 0 Å². The minimum absolute atomic E-state index is 0.564. The Morgan fingerprint density at radius 1 is 1.00 bits per heavy atom. The van der Waals surface area contributed by atoms with Crippen LogP contribution in [0.4, 0.5) is 0 Å². The molecule has 0 spiro atoms. The highest BCUT2D eigenvalue weighted by atomic mass is 35.5. The summed E-state index contributed by atoms with van der Waals surface area (Å²) in [5.74, 6) is 2.46. The van der Waals surface area contributed by atoms with Crippen molar-refractivity contribution in [1.82, 2.24) is 19.9 Å². The summed E-state index contributed by atoms with van der Waals surface area (Å²) in [6, 6.07) is 5.83. The number of benzene rings is 1. The fourth-order valence-electron chi connectivity index (χ4n) is 2.24. The number of hydrogen-bond acceptors (Lipinski definition) is 5. The SMILES string of the molecule is Clc1nc(-c2ccc3nccnc3c2)nc2c1CSC2. The first-order valence-corrected chi connectivity index (χ1v) is 7.69. The van der Waals surface area contributed by atoms with Crippen molar-refractivity contribution in [3.8, 4) is 11.4 Å². The van der Waals surface area contributed by atoms with Gasteiger partial charge in [0.15, 0.2) is 5.82 Å². The fraction of sp³-hybridized carbons (Fsp3) is 0.143. The average Bonchev–Trinajstić information content (AvgIpc) is 2.96. The smallest absolute Gasteiger partial charge is 0.161 e. The van der Waals surface area contributed by atoms with Gasteiger partial charge in [0.2, 0.25) is 0 Å². The zero-order valence-electron chi connectivity index (χ0n) is 10.4. The molecule has 4 nitrogen and oxygen atoms in total. The Hall–Kier alpha value is -1.72. The Bertz CT molecular complexity index is 821. The molecule has 3 heterocycles. The molecule has 2 aromatic heterocycles. The number of hydrogen-bond donors (Lipinski definition) is 0. The third-order valence-corrected chi connectivity index (χ3v) is 4.54. The molecule has 98 valence electrons. The first-order chi connectivity index (χ1) is 9.81. The van der Waals surface area contributed by atoms with E-state index < -0.39 is 0 Å². The summed E-state index contributed by atoms with van der Waals surface area (Å²) in [4.78, 5) is 17.6. The van der Waals surface area contributed by atoms with E-state index >= 15 is 0 Å². The maximum atomic E-state index is 6.25. The largest absolute Gasteiger partial charge is 0.253 e. The first-order valence-electron chi connectivity index (χ1n) is 6.15. The number of nitrogens with zero attached hydrogens (tertiary/aromatic N) is 4. The topological polar surface area (TPSA) is 51.6 Å². The van der Waals surface area contributed by atoms with Crippen LogP contribution >= 0.6 is 23.4 Å². The van der Waals surface area contributed by atoms with E-state index in [2.05, 4.69) is 19.9 Å². The third kappa shape index (κ3) is 1.94. The average molecular weight is 301 g/mol. The maximum absolute atomic E-state index is 6.25. The number of aromatic nitrogens is 4. The van der Waals surface area contributed by atoms with Gasteiger partial charge in [-0.15, -0.1) is 0 Å². The molecule has 3 aromatic rings. The van der Waals surface area contributed by atoms with Gasteiger partial charge >= 0.3 is 0 Å². The molecule has 20 heavy (non-hydrogen) atoms. The van der Waals surface area contributed by atoms with Crippen molar-refractivity contribution in [1.29, 1.82) is 0 Å². The second kappa shape index (κ2) is 4.68. The van der Waals surface area contributed by atoms with Crippen molar-refractivity contribution in [3.63, 3.8) is 0 Å². The van der Waals surface area contributed by atoms with Gasteiger partial charge in [-0.1, -0.05) is 11.6 Å². The van der Waals surface area contributed by atoms with Crippen LogP contribution in [0.1, 0.15) is 11.3 Å². The van der Waals surface area contributed by atoms with Crippen molar-refractivity contribution in [2.24, 2.45) is 0 Å². The number of rotatable bonds is 1. The molecular formula is C14H9ClN4S. The lowest BCUT2D eigenvalue weighted by atomic mass is 10.1. The van der Waals surface area contributed by atoms with E-state index in [1.165, 1.54) is 0 Å². The Morgan fingerprint density at radius 3 is 2.75 bits per heavy atom. The Morgan fingerprint density at radius 2 is 1.85 bits per heavy atom. The first kappa shape index (κ1) is 12.1. The van der Waals surface area contributed by atoms with Crippen LogP contribution in [-0.2, 0) is 11.5 Å². The summed E-state index contributed by atoms with van der Waals surface area (Å²) in [6.45, 7) is 0. The predicted octanol–water partition coefficient (Wildman–Crippen LogP) is 3.49. The summed E-state index contributed by atoms with van der Waals surface area (Å²) in [7, 11) is 0. The van der Waals surface area contributed by atoms with E-state index in [-0.39, 0.29) is 0 Å². The van der Waals surface area contributed by atoms with E-state index in [1.54, 1.807) is 12.4 Å². The van der Waals surface area contributed by atoms with Gasteiger partial charge in [-0.3, -0.25) is 9.97 Å². The third-order valence-electron chi connectivity index (χ3n) is 3.25. The molecule has 0 saturated heterocycles. The highest BCUT2D eigenvalue weighted by molar-refractivity contribution is 7.98. The maximum Gasteiger partial charge on any atom is 0.161 e. The number of fused-ring (bicyclic) bond motifs is 2. The minimum Gasteiger partial charge on any atom is -0.253 e. The monoisotopic (exact) mass is 300 g/mol. The van der Waals surface area contributed by atoms with Crippen LogP contribution in [0.25, 0.3) is 22.4 Å². The van der Waals surface area contributed by atoms with E-state index in [0.29, 0.717) is 11.0 Å². The Balaban J connectivity index is 1.88. The van der Waals surface area contributed by atoms with Crippen LogP contribution in [0, 0.1) is 0 Å². The molecule has 0 aliphatic carbocycles. The molecule has 0 saturated carbocycles. The van der Waals surface area contributed by atoms with Crippen molar-refractivity contribution < 1.29 is 0 Å². The highest BCUT2D eigenvalue weighted by Crippen LogP contribution is 2.34. The second-order valence-corrected chi connectivity index (χ2v) is 5.86. The van der Waals surface area contributed by atoms with E-state index in [4.69, 9.17) is 11.6 Å². The molecule has 0 N–H and O–H groups in total. The lowest BCUT2D eigenvalue weighted by Crippen LogP contribution is -1.97. The van der Waals surface area contributed by atoms with E-state index in [0.717, 1.165) is 39.4 Å². The normalized spacial score (nSPS) is 13.7. The minimum atomic E-state index is 0.564. The van der Waals surface area contributed by atoms with Crippen LogP contribution in [0.3, 0.4) is 0 Å². The van der Waals surface area contributed by atoms with Crippen molar-refractivity contribution in [2.75, 3.05) is 0 Å². The molecule has 6 heteroatoms. The Kier molecular flexibility index (Phi) is 2.82. The van der Waals surface area contributed by atoms with Gasteiger partial charge in [0.1, 0.15) is 5.15 Å². The van der Waals surface area contributed by atoms with Gasteiger partial charge in [0.05, 0.1) is 16.7 Å². The van der Waals surface area contributed by atoms with E-state index in [1.807, 2.05) is 30.0 Å². The van der Waals surface area contributed by atoms with Gasteiger partial charge < -0.3 is 0 Å². The molecule has 0 amide bonds. The van der Waals surface area contributed by atoms with Crippen LogP contribution < -0.4 is 0 Å². The number of thioether (sulfide) groups is 1. The van der Waals surface area contributed by atoms with Crippen LogP contribution in [-0.4, -0.2) is 19.9 Å². The number of halogens is 1. The standard InChI is InChI=1S/C14H9ClN4S/c15-13-9-6-20-7-12(9)18-14(19-13)8-1-2-10-11(5-8)17-4-3-16-10/h1-5H,6-7H2. The molecule has 1 aliphatic heterocycles. The molecule has 0 fully saturated rings. The molecule has 1 aliphatic rings. The molecular weight excluding hydrogens is 292 g/mol. The van der Waals surface area contributed by atoms with Crippen LogP contribution in [0.5, 0.6) is 0 Å². The zero-order chi connectivity index (χ0) is 13.5. The van der Waals surface area contributed by atoms with Gasteiger partial charge in [-0.25, -0.2) is 9.97 Å². The second-order valence-electron chi connectivity index (χ2n) is 4.52. The van der Waals surface area contributed by atoms with Crippen molar-refractivity contribution in [2.45, 2.75) is 11.5 Å². The molecule has 4 rings (SSSR count). The summed E-state index contributed by atoms with van der Waals surface area (Å²) in [6.07, 6.45) is 3.36. The molecule has 0 radical (unpaired) electrons. The molecule has 0 unspecified atom stereocenters. The summed E-state index contributed by atoms with van der Waals surface area (Å²) < 4.78 is 0. The van der Waals surface area contributed by atoms with Gasteiger partial charge in [-0.05, 0) is 18.2 Å². The summed E-state index contributed by atoms with van der Waals surface area (Å²) >= 11 is 8.06. The van der Waals surface area contributed by atoms with Crippen molar-refractivity contribution >= 4 is 34.4 Å². The lowest BCUT2D eigenvalue weighted by molar-refractivity contribution is 1.07. The van der Waals surface area contributed by atoms with Crippen LogP contribution in [0.15, 0.2) is 30.6 Å². The molecule has 0 bridgehead atoms. The predicted molar refractivity (Wildman–Crippen MR) is 80.6 cm³/mol. The Labute approximate surface area is 124 Å². The van der Waals surface area contributed by atoms with E-state index in [9.17, 15) is 0 Å². The summed E-state index contributed by atoms with van der Waals surface area (Å²) in [5, 5.41) is 0.564. The van der Waals surface area contributed by atoms with Crippen LogP contribution in [0.2, 0.25) is 5.15 Å². The fourth-order valence-corrected chi connectivity index (χ4v) is 3.62. The quantitative estimate of drug-likeness (QED) is 0.644.